The predicted molar refractivity (Wildman–Crippen MR) is 80.4 cm³/mol. The summed E-state index contributed by atoms with van der Waals surface area (Å²) in [4.78, 5) is 0. The zero-order valence-corrected chi connectivity index (χ0v) is 13.1. The molecule has 0 fully saturated rings. The van der Waals surface area contributed by atoms with Gasteiger partial charge in [-0.15, -0.1) is 0 Å². The molecule has 0 aromatic rings. The van der Waals surface area contributed by atoms with Crippen LogP contribution in [0.5, 0.6) is 0 Å². The van der Waals surface area contributed by atoms with E-state index in [4.69, 9.17) is 0 Å². The fourth-order valence-electron chi connectivity index (χ4n) is 2.76. The normalized spacial score (nSPS) is 13.6. The third kappa shape index (κ3) is 9.68. The Balaban J connectivity index is 3.60. The van der Waals surface area contributed by atoms with E-state index in [2.05, 4.69) is 34.6 Å². The van der Waals surface area contributed by atoms with Gasteiger partial charge in [0.1, 0.15) is 0 Å². The highest BCUT2D eigenvalue weighted by Gasteiger charge is 2.09. The summed E-state index contributed by atoms with van der Waals surface area (Å²) in [6.45, 7) is 11.7. The van der Waals surface area contributed by atoms with Gasteiger partial charge in [0.25, 0.3) is 0 Å². The van der Waals surface area contributed by atoms with Gasteiger partial charge in [-0.1, -0.05) is 92.4 Å². The van der Waals surface area contributed by atoms with Crippen molar-refractivity contribution in [1.82, 2.24) is 0 Å². The molecule has 104 valence electrons. The average Bonchev–Trinajstić information content (AvgIpc) is 2.32. The van der Waals surface area contributed by atoms with Crippen LogP contribution in [0.2, 0.25) is 0 Å². The second-order valence-electron chi connectivity index (χ2n) is 6.21. The molecule has 0 nitrogen and oxygen atoms in total. The smallest absolute Gasteiger partial charge is 0.0417 e. The highest BCUT2D eigenvalue weighted by atomic mass is 14.1. The molecule has 0 heteroatoms. The highest BCUT2D eigenvalue weighted by molar-refractivity contribution is 4.62. The molecule has 0 aliphatic rings. The summed E-state index contributed by atoms with van der Waals surface area (Å²) in [7, 11) is 0. The lowest BCUT2D eigenvalue weighted by Gasteiger charge is -2.17. The molecule has 0 aromatic heterocycles. The molecule has 0 amide bonds. The summed E-state index contributed by atoms with van der Waals surface area (Å²) < 4.78 is 0. The Bertz CT molecular complexity index is 144. The van der Waals surface area contributed by atoms with Gasteiger partial charge in [-0.3, -0.25) is 0 Å². The molecule has 0 bridgehead atoms. The van der Waals surface area contributed by atoms with Crippen LogP contribution in [0, 0.1) is 17.8 Å². The van der Waals surface area contributed by atoms with Crippen molar-refractivity contribution in [2.24, 2.45) is 17.8 Å². The maximum Gasteiger partial charge on any atom is -0.0417 e. The molecule has 1 unspecified atom stereocenters. The van der Waals surface area contributed by atoms with Crippen LogP contribution in [0.15, 0.2) is 0 Å². The second-order valence-corrected chi connectivity index (χ2v) is 6.21. The van der Waals surface area contributed by atoms with Crippen molar-refractivity contribution in [3.63, 3.8) is 0 Å². The van der Waals surface area contributed by atoms with Crippen molar-refractivity contribution in [2.45, 2.75) is 92.4 Å². The summed E-state index contributed by atoms with van der Waals surface area (Å²) in [5.41, 5.74) is 0. The monoisotopic (exact) mass is 240 g/mol. The van der Waals surface area contributed by atoms with Crippen LogP contribution < -0.4 is 0 Å². The van der Waals surface area contributed by atoms with E-state index < -0.39 is 0 Å². The Morgan fingerprint density at radius 1 is 0.588 bits per heavy atom. The zero-order chi connectivity index (χ0) is 13.1. The summed E-state index contributed by atoms with van der Waals surface area (Å²) in [5.74, 6) is 2.88. The van der Waals surface area contributed by atoms with Gasteiger partial charge in [0.15, 0.2) is 0 Å². The van der Waals surface area contributed by atoms with E-state index >= 15 is 0 Å². The molecule has 0 radical (unpaired) electrons. The van der Waals surface area contributed by atoms with Crippen LogP contribution in [-0.4, -0.2) is 0 Å². The minimum Gasteiger partial charge on any atom is -0.0651 e. The SMILES string of the molecule is CCC(CC)CCCC(CC)CCCC(C)C. The lowest BCUT2D eigenvalue weighted by molar-refractivity contribution is 0.357. The van der Waals surface area contributed by atoms with Crippen LogP contribution in [0.25, 0.3) is 0 Å². The number of hydrogen-bond acceptors (Lipinski definition) is 0. The van der Waals surface area contributed by atoms with Crippen molar-refractivity contribution < 1.29 is 0 Å². The molecule has 17 heavy (non-hydrogen) atoms. The molecule has 0 aliphatic heterocycles. The first kappa shape index (κ1) is 17.0. The van der Waals surface area contributed by atoms with Crippen LogP contribution >= 0.6 is 0 Å². The first-order chi connectivity index (χ1) is 8.13. The van der Waals surface area contributed by atoms with Crippen LogP contribution in [0.4, 0.5) is 0 Å². The number of hydrogen-bond donors (Lipinski definition) is 0. The molecular formula is C17H36. The van der Waals surface area contributed by atoms with Gasteiger partial charge in [-0.25, -0.2) is 0 Å². The van der Waals surface area contributed by atoms with E-state index in [1.54, 1.807) is 0 Å². The van der Waals surface area contributed by atoms with Crippen molar-refractivity contribution in [1.29, 1.82) is 0 Å². The third-order valence-electron chi connectivity index (χ3n) is 4.35. The summed E-state index contributed by atoms with van der Waals surface area (Å²) in [5, 5.41) is 0. The molecule has 0 saturated heterocycles. The zero-order valence-electron chi connectivity index (χ0n) is 13.1. The van der Waals surface area contributed by atoms with Crippen molar-refractivity contribution in [3.8, 4) is 0 Å². The molecule has 1 atom stereocenters. The standard InChI is InChI=1S/C17H36/c1-6-16(7-2)12-10-14-17(8-3)13-9-11-15(4)5/h15-17H,6-14H2,1-5H3. The average molecular weight is 240 g/mol. The van der Waals surface area contributed by atoms with E-state index in [1.165, 1.54) is 57.8 Å². The third-order valence-corrected chi connectivity index (χ3v) is 4.35. The minimum atomic E-state index is 0.886. The summed E-state index contributed by atoms with van der Waals surface area (Å²) in [6, 6.07) is 0. The van der Waals surface area contributed by atoms with Crippen LogP contribution in [0.1, 0.15) is 92.4 Å². The fourth-order valence-corrected chi connectivity index (χ4v) is 2.76. The maximum atomic E-state index is 2.37. The largest absolute Gasteiger partial charge is 0.0651 e. The van der Waals surface area contributed by atoms with Crippen LogP contribution in [0.3, 0.4) is 0 Å². The molecule has 0 heterocycles. The maximum absolute atomic E-state index is 2.37. The molecular weight excluding hydrogens is 204 g/mol. The Hall–Kier alpha value is 0. The molecule has 0 rings (SSSR count). The Morgan fingerprint density at radius 2 is 1.00 bits per heavy atom. The van der Waals surface area contributed by atoms with Gasteiger partial charge in [0, 0.05) is 0 Å². The fraction of sp³-hybridized carbons (Fsp3) is 1.00. The minimum absolute atomic E-state index is 0.886. The van der Waals surface area contributed by atoms with Crippen molar-refractivity contribution in [2.75, 3.05) is 0 Å². The molecule has 0 N–H and O–H groups in total. The van der Waals surface area contributed by atoms with E-state index in [9.17, 15) is 0 Å². The van der Waals surface area contributed by atoms with E-state index in [0.29, 0.717) is 0 Å². The molecule has 0 spiro atoms. The topological polar surface area (TPSA) is 0 Å². The summed E-state index contributed by atoms with van der Waals surface area (Å²) in [6.07, 6.45) is 12.9. The van der Waals surface area contributed by atoms with E-state index in [0.717, 1.165) is 17.8 Å². The first-order valence-corrected chi connectivity index (χ1v) is 8.13. The second kappa shape index (κ2) is 11.1. The molecule has 0 saturated carbocycles. The van der Waals surface area contributed by atoms with Gasteiger partial charge in [0.05, 0.1) is 0 Å². The lowest BCUT2D eigenvalue weighted by Crippen LogP contribution is -2.03. The molecule has 0 aliphatic carbocycles. The predicted octanol–water partition coefficient (Wildman–Crippen LogP) is 6.45. The van der Waals surface area contributed by atoms with Crippen molar-refractivity contribution in [3.05, 3.63) is 0 Å². The van der Waals surface area contributed by atoms with Gasteiger partial charge >= 0.3 is 0 Å². The van der Waals surface area contributed by atoms with Crippen molar-refractivity contribution >= 4 is 0 Å². The summed E-state index contributed by atoms with van der Waals surface area (Å²) >= 11 is 0. The first-order valence-electron chi connectivity index (χ1n) is 8.13. The highest BCUT2D eigenvalue weighted by Crippen LogP contribution is 2.23. The van der Waals surface area contributed by atoms with Crippen LogP contribution in [-0.2, 0) is 0 Å². The number of rotatable bonds is 11. The lowest BCUT2D eigenvalue weighted by atomic mass is 9.89. The van der Waals surface area contributed by atoms with Gasteiger partial charge in [-0.2, -0.15) is 0 Å². The van der Waals surface area contributed by atoms with Gasteiger partial charge in [0.2, 0.25) is 0 Å². The van der Waals surface area contributed by atoms with E-state index in [-0.39, 0.29) is 0 Å². The van der Waals surface area contributed by atoms with E-state index in [1.807, 2.05) is 0 Å². The van der Waals surface area contributed by atoms with Gasteiger partial charge in [-0.05, 0) is 17.8 Å². The Kier molecular flexibility index (Phi) is 11.1. The Labute approximate surface area is 111 Å². The Morgan fingerprint density at radius 3 is 1.41 bits per heavy atom. The molecule has 0 aromatic carbocycles. The van der Waals surface area contributed by atoms with Gasteiger partial charge < -0.3 is 0 Å². The quantitative estimate of drug-likeness (QED) is 0.389.